The largest absolute Gasteiger partial charge is 0.494 e. The van der Waals surface area contributed by atoms with E-state index in [-0.39, 0.29) is 5.91 Å². The van der Waals surface area contributed by atoms with Gasteiger partial charge in [-0.15, -0.1) is 0 Å². The van der Waals surface area contributed by atoms with E-state index >= 15 is 0 Å². The first-order chi connectivity index (χ1) is 9.11. The van der Waals surface area contributed by atoms with Crippen LogP contribution < -0.4 is 4.74 Å². The van der Waals surface area contributed by atoms with Crippen LogP contribution in [0.4, 0.5) is 0 Å². The van der Waals surface area contributed by atoms with Gasteiger partial charge < -0.3 is 14.7 Å². The molecule has 1 atom stereocenters. The molecule has 1 amide bonds. The van der Waals surface area contributed by atoms with Crippen molar-refractivity contribution in [2.45, 2.75) is 32.4 Å². The van der Waals surface area contributed by atoms with Gasteiger partial charge in [-0.05, 0) is 31.0 Å². The number of hydrogen-bond acceptors (Lipinski definition) is 3. The predicted octanol–water partition coefficient (Wildman–Crippen LogP) is 1.66. The van der Waals surface area contributed by atoms with Crippen LogP contribution in [-0.2, 0) is 16.1 Å². The highest BCUT2D eigenvalue weighted by molar-refractivity contribution is 5.87. The first kappa shape index (κ1) is 13.4. The van der Waals surface area contributed by atoms with E-state index in [1.165, 1.54) is 4.90 Å². The van der Waals surface area contributed by atoms with Gasteiger partial charge in [-0.1, -0.05) is 12.1 Å². The molecule has 1 aromatic carbocycles. The van der Waals surface area contributed by atoms with Gasteiger partial charge in [-0.3, -0.25) is 4.79 Å². The molecule has 2 rings (SSSR count). The topological polar surface area (TPSA) is 66.8 Å². The van der Waals surface area contributed by atoms with Crippen molar-refractivity contribution in [3.63, 3.8) is 0 Å². The molecule has 0 radical (unpaired) electrons. The summed E-state index contributed by atoms with van der Waals surface area (Å²) in [5.74, 6) is -0.306. The third-order valence-electron chi connectivity index (χ3n) is 3.18. The van der Waals surface area contributed by atoms with Crippen LogP contribution in [-0.4, -0.2) is 34.5 Å². The molecule has 0 bridgehead atoms. The smallest absolute Gasteiger partial charge is 0.326 e. The van der Waals surface area contributed by atoms with Gasteiger partial charge in [0.25, 0.3) is 0 Å². The van der Waals surface area contributed by atoms with Crippen LogP contribution in [0, 0.1) is 0 Å². The minimum absolute atomic E-state index is 0.103. The van der Waals surface area contributed by atoms with Crippen molar-refractivity contribution in [3.05, 3.63) is 29.8 Å². The van der Waals surface area contributed by atoms with E-state index in [0.717, 1.165) is 11.3 Å². The molecule has 0 aromatic heterocycles. The maximum Gasteiger partial charge on any atom is 0.326 e. The highest BCUT2D eigenvalue weighted by atomic mass is 16.5. The van der Waals surface area contributed by atoms with E-state index in [0.29, 0.717) is 26.0 Å². The quantitative estimate of drug-likeness (QED) is 0.877. The van der Waals surface area contributed by atoms with Gasteiger partial charge >= 0.3 is 5.97 Å². The first-order valence-corrected chi connectivity index (χ1v) is 6.36. The van der Waals surface area contributed by atoms with Crippen molar-refractivity contribution in [2.24, 2.45) is 0 Å². The molecule has 1 fully saturated rings. The zero-order valence-electron chi connectivity index (χ0n) is 10.8. The molecular formula is C14H17NO4. The Morgan fingerprint density at radius 2 is 2.32 bits per heavy atom. The maximum atomic E-state index is 11.7. The number of carboxylic acids is 1. The molecule has 5 nitrogen and oxygen atoms in total. The zero-order valence-corrected chi connectivity index (χ0v) is 10.8. The molecule has 0 spiro atoms. The van der Waals surface area contributed by atoms with Crippen LogP contribution in [0.25, 0.3) is 0 Å². The van der Waals surface area contributed by atoms with Crippen molar-refractivity contribution >= 4 is 11.9 Å². The Kier molecular flexibility index (Phi) is 4.04. The first-order valence-electron chi connectivity index (χ1n) is 6.36. The Hall–Kier alpha value is -2.04. The number of carbonyl (C=O) groups is 2. The number of nitrogens with zero attached hydrogens (tertiary/aromatic N) is 1. The summed E-state index contributed by atoms with van der Waals surface area (Å²) in [6.45, 7) is 2.79. The molecule has 102 valence electrons. The normalized spacial score (nSPS) is 18.7. The summed E-state index contributed by atoms with van der Waals surface area (Å²) in [7, 11) is 0. The number of carboxylic acid groups (broad SMARTS) is 1. The summed E-state index contributed by atoms with van der Waals surface area (Å²) in [5, 5.41) is 9.10. The van der Waals surface area contributed by atoms with Crippen molar-refractivity contribution in [3.8, 4) is 5.75 Å². The van der Waals surface area contributed by atoms with Crippen LogP contribution in [0.1, 0.15) is 25.3 Å². The zero-order chi connectivity index (χ0) is 13.8. The minimum atomic E-state index is -0.938. The lowest BCUT2D eigenvalue weighted by Crippen LogP contribution is -2.37. The van der Waals surface area contributed by atoms with Crippen molar-refractivity contribution in [1.82, 2.24) is 4.90 Å². The Labute approximate surface area is 111 Å². The fraction of sp³-hybridized carbons (Fsp3) is 0.429. The summed E-state index contributed by atoms with van der Waals surface area (Å²) < 4.78 is 5.39. The van der Waals surface area contributed by atoms with Crippen molar-refractivity contribution < 1.29 is 19.4 Å². The Bertz CT molecular complexity index is 486. The standard InChI is InChI=1S/C14H17NO4/c1-2-19-11-5-3-4-10(8-11)9-15-12(14(17)18)6-7-13(15)16/h3-5,8,12H,2,6-7,9H2,1H3,(H,17,18)/t12-/m0/s1. The monoisotopic (exact) mass is 263 g/mol. The average Bonchev–Trinajstić information content (AvgIpc) is 2.72. The number of amides is 1. The van der Waals surface area contributed by atoms with Crippen LogP contribution in [0.3, 0.4) is 0 Å². The lowest BCUT2D eigenvalue weighted by molar-refractivity contribution is -0.146. The molecule has 0 saturated carbocycles. The van der Waals surface area contributed by atoms with Gasteiger partial charge in [0, 0.05) is 13.0 Å². The fourth-order valence-corrected chi connectivity index (χ4v) is 2.29. The number of likely N-dealkylation sites (tertiary alicyclic amines) is 1. The SMILES string of the molecule is CCOc1cccc(CN2C(=O)CC[C@H]2C(=O)O)c1. The highest BCUT2D eigenvalue weighted by Gasteiger charge is 2.35. The van der Waals surface area contributed by atoms with E-state index in [9.17, 15) is 9.59 Å². The van der Waals surface area contributed by atoms with E-state index in [1.54, 1.807) is 0 Å². The molecule has 0 aliphatic carbocycles. The highest BCUT2D eigenvalue weighted by Crippen LogP contribution is 2.23. The van der Waals surface area contributed by atoms with E-state index in [2.05, 4.69) is 0 Å². The minimum Gasteiger partial charge on any atom is -0.494 e. The number of aliphatic carboxylic acids is 1. The van der Waals surface area contributed by atoms with Gasteiger partial charge in [0.05, 0.1) is 6.61 Å². The van der Waals surface area contributed by atoms with E-state index < -0.39 is 12.0 Å². The van der Waals surface area contributed by atoms with Gasteiger partial charge in [-0.25, -0.2) is 4.79 Å². The number of carbonyl (C=O) groups excluding carboxylic acids is 1. The Balaban J connectivity index is 2.13. The second-order valence-electron chi connectivity index (χ2n) is 4.49. The third-order valence-corrected chi connectivity index (χ3v) is 3.18. The molecule has 1 aromatic rings. The van der Waals surface area contributed by atoms with Crippen LogP contribution in [0.2, 0.25) is 0 Å². The second-order valence-corrected chi connectivity index (χ2v) is 4.49. The predicted molar refractivity (Wildman–Crippen MR) is 68.8 cm³/mol. The molecule has 1 aliphatic rings. The summed E-state index contributed by atoms with van der Waals surface area (Å²) in [4.78, 5) is 24.3. The van der Waals surface area contributed by atoms with Crippen LogP contribution >= 0.6 is 0 Å². The van der Waals surface area contributed by atoms with Crippen LogP contribution in [0.5, 0.6) is 5.75 Å². The summed E-state index contributed by atoms with van der Waals surface area (Å²) in [5.41, 5.74) is 0.882. The van der Waals surface area contributed by atoms with Crippen LogP contribution in [0.15, 0.2) is 24.3 Å². The molecule has 1 N–H and O–H groups in total. The Morgan fingerprint density at radius 1 is 1.53 bits per heavy atom. The van der Waals surface area contributed by atoms with E-state index in [1.807, 2.05) is 31.2 Å². The van der Waals surface area contributed by atoms with Crippen molar-refractivity contribution in [2.75, 3.05) is 6.61 Å². The molecular weight excluding hydrogens is 246 g/mol. The number of rotatable bonds is 5. The van der Waals surface area contributed by atoms with Gasteiger partial charge in [-0.2, -0.15) is 0 Å². The molecule has 1 saturated heterocycles. The fourth-order valence-electron chi connectivity index (χ4n) is 2.29. The molecule has 0 unspecified atom stereocenters. The van der Waals surface area contributed by atoms with E-state index in [4.69, 9.17) is 9.84 Å². The number of benzene rings is 1. The molecule has 1 aliphatic heterocycles. The Morgan fingerprint density at radius 3 is 3.00 bits per heavy atom. The van der Waals surface area contributed by atoms with Crippen molar-refractivity contribution in [1.29, 1.82) is 0 Å². The van der Waals surface area contributed by atoms with Gasteiger partial charge in [0.2, 0.25) is 5.91 Å². The molecule has 5 heteroatoms. The average molecular weight is 263 g/mol. The second kappa shape index (κ2) is 5.73. The summed E-state index contributed by atoms with van der Waals surface area (Å²) in [6.07, 6.45) is 0.696. The lowest BCUT2D eigenvalue weighted by atomic mass is 10.1. The lowest BCUT2D eigenvalue weighted by Gasteiger charge is -2.21. The van der Waals surface area contributed by atoms with Gasteiger partial charge in [0.1, 0.15) is 11.8 Å². The van der Waals surface area contributed by atoms with Gasteiger partial charge in [0.15, 0.2) is 0 Å². The molecule has 1 heterocycles. The maximum absolute atomic E-state index is 11.7. The third kappa shape index (κ3) is 3.05. The summed E-state index contributed by atoms with van der Waals surface area (Å²) >= 11 is 0. The number of hydrogen-bond donors (Lipinski definition) is 1. The molecule has 19 heavy (non-hydrogen) atoms. The summed E-state index contributed by atoms with van der Waals surface area (Å²) in [6, 6.07) is 6.69. The number of ether oxygens (including phenoxy) is 1.